The molecule has 0 amide bonds. The molecule has 0 spiro atoms. The van der Waals surface area contributed by atoms with E-state index < -0.39 is 45.6 Å². The van der Waals surface area contributed by atoms with Crippen LogP contribution in [-0.4, -0.2) is 110 Å². The Morgan fingerprint density at radius 2 is 0.659 bits per heavy atom. The number of nitrogen functional groups attached to an aromatic ring is 5. The number of ether oxygens (including phenoxy) is 1. The maximum Gasteiger partial charge on any atom is 0.269 e. The van der Waals surface area contributed by atoms with Gasteiger partial charge in [0.15, 0.2) is 46.5 Å². The van der Waals surface area contributed by atoms with Crippen molar-refractivity contribution in [2.45, 2.75) is 41.5 Å². The first kappa shape index (κ1) is 90.1. The van der Waals surface area contributed by atoms with Gasteiger partial charge in [0.25, 0.3) is 5.69 Å². The zero-order valence-corrected chi connectivity index (χ0v) is 73.7. The van der Waals surface area contributed by atoms with E-state index in [2.05, 4.69) is 123 Å². The van der Waals surface area contributed by atoms with Crippen LogP contribution >= 0.6 is 15.9 Å². The molecule has 35 nitrogen and oxygen atoms in total. The molecule has 0 atom stereocenters. The van der Waals surface area contributed by atoms with E-state index in [-0.39, 0.29) is 57.1 Å². The molecule has 15 N–H and O–H groups in total. The van der Waals surface area contributed by atoms with Crippen LogP contribution in [0.1, 0.15) is 40.2 Å². The smallest absolute Gasteiger partial charge is 0.269 e. The third kappa shape index (κ3) is 20.1. The Balaban J connectivity index is 0.000000123. The third-order valence-corrected chi connectivity index (χ3v) is 20.8. The second kappa shape index (κ2) is 38.6. The van der Waals surface area contributed by atoms with Gasteiger partial charge in [-0.2, -0.15) is 63.9 Å². The fourth-order valence-electron chi connectivity index (χ4n) is 14.1. The van der Waals surface area contributed by atoms with Gasteiger partial charge in [0, 0.05) is 87.5 Å². The van der Waals surface area contributed by atoms with Crippen LogP contribution in [0.5, 0.6) is 5.75 Å². The van der Waals surface area contributed by atoms with Crippen molar-refractivity contribution >= 4 is 163 Å². The first-order chi connectivity index (χ1) is 64.9. The Kier molecular flexibility index (Phi) is 25.7. The molecule has 0 aliphatic rings. The zero-order valence-electron chi connectivity index (χ0n) is 72.1. The predicted octanol–water partition coefficient (Wildman–Crippen LogP) is 18.9. The Bertz CT molecular complexity index is 7930. The van der Waals surface area contributed by atoms with Crippen LogP contribution in [0.3, 0.4) is 0 Å². The van der Waals surface area contributed by atoms with Crippen molar-refractivity contribution in [2.75, 3.05) is 62.4 Å². The van der Waals surface area contributed by atoms with Crippen molar-refractivity contribution in [1.29, 1.82) is 5.26 Å². The highest BCUT2D eigenvalue weighted by molar-refractivity contribution is 9.10. The number of nitro groups is 1. The van der Waals surface area contributed by atoms with E-state index >= 15 is 0 Å². The number of imidazole rings is 5. The molecular weight excluding hydrogens is 1810 g/mol. The number of nitro benzene ring substituents is 1. The average Bonchev–Trinajstić information content (AvgIpc) is 1.63. The van der Waals surface area contributed by atoms with Crippen molar-refractivity contribution in [3.05, 3.63) is 326 Å². The van der Waals surface area contributed by atoms with E-state index in [1.54, 1.807) is 92.7 Å². The molecule has 0 aliphatic heterocycles. The number of rotatable bonds is 17. The lowest BCUT2D eigenvalue weighted by Gasteiger charge is -2.12. The summed E-state index contributed by atoms with van der Waals surface area (Å²) in [7, 11) is 1.53. The highest BCUT2D eigenvalue weighted by Crippen LogP contribution is 2.34. The Morgan fingerprint density at radius 3 is 1.01 bits per heavy atom. The molecule has 42 heteroatoms. The predicted molar refractivity (Wildman–Crippen MR) is 508 cm³/mol. The quantitative estimate of drug-likeness (QED) is 0.0230. The van der Waals surface area contributed by atoms with Crippen molar-refractivity contribution in [1.82, 2.24) is 97.6 Å². The summed E-state index contributed by atoms with van der Waals surface area (Å²) in [4.78, 5) is 75.4. The molecule has 10 aromatic carbocycles. The number of nitrogens with zero attached hydrogens (tertiary/aromatic N) is 22. The van der Waals surface area contributed by atoms with Crippen LogP contribution in [0.2, 0.25) is 0 Å². The van der Waals surface area contributed by atoms with E-state index in [0.717, 1.165) is 96.2 Å². The summed E-state index contributed by atoms with van der Waals surface area (Å²) < 4.78 is 98.0. The Morgan fingerprint density at radius 1 is 0.356 bits per heavy atom. The molecule has 10 heterocycles. The summed E-state index contributed by atoms with van der Waals surface area (Å²) in [6.07, 6.45) is 0. The molecule has 0 saturated carbocycles. The largest absolute Gasteiger partial charge is 0.497 e. The van der Waals surface area contributed by atoms with Crippen LogP contribution in [-0.2, 0) is 0 Å². The van der Waals surface area contributed by atoms with Crippen LogP contribution in [0.4, 0.5) is 119 Å². The molecule has 0 saturated heterocycles. The monoisotopic (exact) mass is 1880 g/mol. The molecule has 10 aromatic heterocycles. The number of nitrogens with one attached hydrogen (secondary N) is 5. The number of nitriles is 1. The summed E-state index contributed by atoms with van der Waals surface area (Å²) in [6, 6.07) is 69.3. The summed E-state index contributed by atoms with van der Waals surface area (Å²) in [5, 5.41) is 34.9. The molecule has 0 bridgehead atoms. The number of benzene rings is 10. The number of nitrogens with two attached hydrogens (primary N) is 5. The van der Waals surface area contributed by atoms with Crippen LogP contribution < -0.4 is 60.0 Å². The second-order valence-corrected chi connectivity index (χ2v) is 30.7. The van der Waals surface area contributed by atoms with E-state index in [1.165, 1.54) is 28.4 Å². The number of aromatic nitrogens is 20. The van der Waals surface area contributed by atoms with E-state index in [1.807, 2.05) is 163 Å². The number of anilines is 15. The van der Waals surface area contributed by atoms with Gasteiger partial charge in [0.05, 0.1) is 78.8 Å². The fraction of sp³-hybridized carbons (Fsp3) is 0.0753. The zero-order chi connectivity index (χ0) is 95.2. The molecule has 20 aromatic rings. The Labute approximate surface area is 769 Å². The van der Waals surface area contributed by atoms with Crippen LogP contribution in [0, 0.1) is 97.9 Å². The summed E-state index contributed by atoms with van der Waals surface area (Å²) >= 11 is 3.43. The fourth-order valence-corrected chi connectivity index (χ4v) is 14.3. The van der Waals surface area contributed by atoms with E-state index in [9.17, 15) is 36.5 Å². The highest BCUT2D eigenvalue weighted by Gasteiger charge is 2.25. The molecular formula is C93H75BrF6N32O3. The van der Waals surface area contributed by atoms with Gasteiger partial charge in [-0.1, -0.05) is 70.0 Å². The van der Waals surface area contributed by atoms with Gasteiger partial charge in [-0.3, -0.25) is 32.9 Å². The maximum atomic E-state index is 14.5. The lowest BCUT2D eigenvalue weighted by molar-refractivity contribution is -0.384. The van der Waals surface area contributed by atoms with Gasteiger partial charge in [0.2, 0.25) is 41.4 Å². The number of hydrogen-bond donors (Lipinski definition) is 10. The number of aryl methyl sites for hydroxylation is 6. The minimum absolute atomic E-state index is 0.0143. The van der Waals surface area contributed by atoms with E-state index in [0.29, 0.717) is 92.8 Å². The topological polar surface area (TPSA) is 484 Å². The lowest BCUT2D eigenvalue weighted by atomic mass is 10.2. The van der Waals surface area contributed by atoms with E-state index in [4.69, 9.17) is 38.7 Å². The number of fused-ring (bicyclic) bond motifs is 5. The minimum atomic E-state index is -1.05. The molecule has 0 aliphatic carbocycles. The van der Waals surface area contributed by atoms with Gasteiger partial charge < -0.3 is 60.0 Å². The van der Waals surface area contributed by atoms with Gasteiger partial charge in [-0.05, 0) is 175 Å². The van der Waals surface area contributed by atoms with Crippen molar-refractivity contribution in [3.8, 4) is 41.6 Å². The number of methoxy groups -OCH3 is 1. The molecule has 0 fully saturated rings. The van der Waals surface area contributed by atoms with Crippen molar-refractivity contribution in [2.24, 2.45) is 0 Å². The lowest BCUT2D eigenvalue weighted by Crippen LogP contribution is -2.11. The van der Waals surface area contributed by atoms with Crippen molar-refractivity contribution < 1.29 is 36.0 Å². The van der Waals surface area contributed by atoms with Gasteiger partial charge >= 0.3 is 0 Å². The van der Waals surface area contributed by atoms with Gasteiger partial charge in [-0.15, -0.1) is 0 Å². The molecule has 135 heavy (non-hydrogen) atoms. The number of halogens is 7. The number of hydrogen-bond acceptors (Lipinski definition) is 29. The van der Waals surface area contributed by atoms with Crippen LogP contribution in [0.15, 0.2) is 241 Å². The molecule has 674 valence electrons. The Hall–Kier alpha value is -18.3. The second-order valence-electron chi connectivity index (χ2n) is 29.7. The molecule has 20 rings (SSSR count). The summed E-state index contributed by atoms with van der Waals surface area (Å²) in [6.45, 7) is 10.9. The molecule has 0 radical (unpaired) electrons. The number of non-ortho nitro benzene ring substituents is 1. The first-order valence-corrected chi connectivity index (χ1v) is 41.4. The SMILES string of the molecule is COc1ccc(Nc2nc(-n3c(C)nc4cc(F)c(F)cc43)nc(N)c2F)cc1.Cc1ccc(Nc2nc(-n3c(C)nc4cc(F)c(F)cc43)nc(N)c2F)cc1.Cc1nc2ccccc2n1-c1nc(N)cc(Nc2ccc(Br)cc2)n1.Cc1nc2ccccc2n1-c1nc(N)cc(Nc2ccc(C#N)cc2)n1.Cc1nc2ccccc2n1-c1nc(N)cc(Nc2ccc([N+](=O)[O-])cc2)n1. The first-order valence-electron chi connectivity index (χ1n) is 40.6. The van der Waals surface area contributed by atoms with Crippen LogP contribution in [0.25, 0.3) is 84.9 Å². The third-order valence-electron chi connectivity index (χ3n) is 20.3. The normalized spacial score (nSPS) is 10.9. The number of para-hydroxylation sites is 6. The van der Waals surface area contributed by atoms with Gasteiger partial charge in [0.1, 0.15) is 69.8 Å². The maximum absolute atomic E-state index is 14.5. The van der Waals surface area contributed by atoms with Gasteiger partial charge in [-0.25, -0.2) is 42.5 Å². The summed E-state index contributed by atoms with van der Waals surface area (Å²) in [5.74, 6) is 0.760. The summed E-state index contributed by atoms with van der Waals surface area (Å²) in [5.41, 5.74) is 40.8. The highest BCUT2D eigenvalue weighted by atomic mass is 79.9. The standard InChI is InChI=1S/C19H15F3N6O.C19H15F3N6.C19H15N7.C18H15BrN6.C18H15N7O2/c1-9-24-14-7-12(20)13(21)8-15(14)28(9)19-26-17(23)16(22)18(27-19)25-10-3-5-11(29-2)6-4-10;1-9-3-5-11(6-4-9)25-18-16(22)17(23)26-19(27-18)28-10(2)24-14-7-12(20)13(21)8-15(14)28;1-12-22-15-4-2-3-5-16(15)26(12)19-24-17(21)10-18(25-19)23-14-8-6-13(11-20)7-9-14;1-11-21-14-4-2-3-5-15(14)25(11)18-23-16(20)10-17(24-18)22-13-8-6-12(19)7-9-13;1-11-20-14-4-2-3-5-15(14)24(11)18-22-16(19)10-17(23-18)21-12-6-8-13(9-7-12)25(26)27/h3-8H,1-2H3,(H3,23,25,26,27);3-8H,1-2H3,(H3,23,25,26,27);2-10H,1H3,(H3,21,23,24,25);2-10H,1H3,(H3,20,22,23,24);2-10H,1H3,(H3,19,21,22,23). The average molecular weight is 1880 g/mol. The molecule has 0 unspecified atom stereocenters. The minimum Gasteiger partial charge on any atom is -0.497 e. The van der Waals surface area contributed by atoms with Crippen molar-refractivity contribution in [3.63, 3.8) is 0 Å².